The summed E-state index contributed by atoms with van der Waals surface area (Å²) in [7, 11) is 0. The van der Waals surface area contributed by atoms with Gasteiger partial charge in [0, 0.05) is 10.9 Å². The molecule has 1 atom stereocenters. The Morgan fingerprint density at radius 3 is 2.71 bits per heavy atom. The van der Waals surface area contributed by atoms with Crippen molar-refractivity contribution in [3.05, 3.63) is 34.3 Å². The Balaban J connectivity index is 2.55. The van der Waals surface area contributed by atoms with Crippen LogP contribution < -0.4 is 0 Å². The molecular formula is C11H14Cl2O. The minimum atomic E-state index is -0.410. The highest BCUT2D eigenvalue weighted by molar-refractivity contribution is 6.31. The van der Waals surface area contributed by atoms with Gasteiger partial charge in [-0.15, -0.1) is 11.6 Å². The van der Waals surface area contributed by atoms with Crippen molar-refractivity contribution in [1.29, 1.82) is 0 Å². The molecule has 14 heavy (non-hydrogen) atoms. The van der Waals surface area contributed by atoms with Crippen LogP contribution >= 0.6 is 23.2 Å². The Morgan fingerprint density at radius 1 is 1.43 bits per heavy atom. The molecule has 0 heterocycles. The van der Waals surface area contributed by atoms with Crippen LogP contribution in [0.5, 0.6) is 0 Å². The van der Waals surface area contributed by atoms with Gasteiger partial charge in [-0.05, 0) is 37.0 Å². The van der Waals surface area contributed by atoms with Gasteiger partial charge in [-0.25, -0.2) is 0 Å². The van der Waals surface area contributed by atoms with E-state index in [2.05, 4.69) is 0 Å². The standard InChI is InChI=1S/C11H14Cl2O/c1-8-6-9(3-5-11(8)13)2-4-10(14)7-12/h3,5-6,10,14H,2,4,7H2,1H3. The number of halogens is 2. The van der Waals surface area contributed by atoms with Crippen LogP contribution in [-0.4, -0.2) is 17.1 Å². The first kappa shape index (κ1) is 11.8. The summed E-state index contributed by atoms with van der Waals surface area (Å²) >= 11 is 11.4. The van der Waals surface area contributed by atoms with E-state index in [0.717, 1.165) is 17.0 Å². The third kappa shape index (κ3) is 3.49. The normalized spacial score (nSPS) is 12.9. The van der Waals surface area contributed by atoms with Gasteiger partial charge in [0.2, 0.25) is 0 Å². The molecule has 0 aliphatic heterocycles. The number of hydrogen-bond donors (Lipinski definition) is 1. The second kappa shape index (κ2) is 5.59. The largest absolute Gasteiger partial charge is 0.392 e. The molecule has 1 rings (SSSR count). The van der Waals surface area contributed by atoms with Gasteiger partial charge in [0.15, 0.2) is 0 Å². The van der Waals surface area contributed by atoms with Crippen LogP contribution in [0.15, 0.2) is 18.2 Å². The van der Waals surface area contributed by atoms with E-state index in [1.54, 1.807) is 0 Å². The van der Waals surface area contributed by atoms with Crippen molar-refractivity contribution >= 4 is 23.2 Å². The van der Waals surface area contributed by atoms with Gasteiger partial charge in [-0.3, -0.25) is 0 Å². The molecule has 1 aromatic carbocycles. The molecule has 1 N–H and O–H groups in total. The SMILES string of the molecule is Cc1cc(CCC(O)CCl)ccc1Cl. The summed E-state index contributed by atoms with van der Waals surface area (Å²) in [6.07, 6.45) is 1.13. The molecule has 0 aliphatic carbocycles. The van der Waals surface area contributed by atoms with Gasteiger partial charge in [0.25, 0.3) is 0 Å². The summed E-state index contributed by atoms with van der Waals surface area (Å²) in [4.78, 5) is 0. The first-order valence-electron chi connectivity index (χ1n) is 4.62. The first-order chi connectivity index (χ1) is 6.63. The van der Waals surface area contributed by atoms with Gasteiger partial charge in [-0.1, -0.05) is 23.7 Å². The highest BCUT2D eigenvalue weighted by Gasteiger charge is 2.03. The van der Waals surface area contributed by atoms with E-state index >= 15 is 0 Å². The van der Waals surface area contributed by atoms with Crippen molar-refractivity contribution in [3.8, 4) is 0 Å². The second-order valence-corrected chi connectivity index (χ2v) is 4.15. The zero-order valence-corrected chi connectivity index (χ0v) is 9.65. The van der Waals surface area contributed by atoms with Crippen molar-refractivity contribution < 1.29 is 5.11 Å². The van der Waals surface area contributed by atoms with E-state index in [4.69, 9.17) is 23.2 Å². The number of aliphatic hydroxyl groups is 1. The molecule has 78 valence electrons. The van der Waals surface area contributed by atoms with Crippen LogP contribution in [0.25, 0.3) is 0 Å². The highest BCUT2D eigenvalue weighted by Crippen LogP contribution is 2.17. The van der Waals surface area contributed by atoms with E-state index in [1.165, 1.54) is 5.56 Å². The molecule has 0 radical (unpaired) electrons. The fourth-order valence-electron chi connectivity index (χ4n) is 1.27. The molecule has 1 unspecified atom stereocenters. The summed E-state index contributed by atoms with van der Waals surface area (Å²) in [6.45, 7) is 1.98. The van der Waals surface area contributed by atoms with Crippen molar-refractivity contribution in [3.63, 3.8) is 0 Å². The molecule has 0 spiro atoms. The summed E-state index contributed by atoms with van der Waals surface area (Å²) in [5, 5.41) is 10.1. The molecular weight excluding hydrogens is 219 g/mol. The average molecular weight is 233 g/mol. The van der Waals surface area contributed by atoms with Crippen molar-refractivity contribution in [2.75, 3.05) is 5.88 Å². The van der Waals surface area contributed by atoms with Gasteiger partial charge in [-0.2, -0.15) is 0 Å². The molecule has 1 aromatic rings. The van der Waals surface area contributed by atoms with Gasteiger partial charge < -0.3 is 5.11 Å². The predicted molar refractivity (Wildman–Crippen MR) is 61.2 cm³/mol. The van der Waals surface area contributed by atoms with E-state index in [9.17, 15) is 5.11 Å². The Kier molecular flexibility index (Phi) is 4.73. The summed E-state index contributed by atoms with van der Waals surface area (Å²) in [5.74, 6) is 0.298. The van der Waals surface area contributed by atoms with Crippen LogP contribution in [0.1, 0.15) is 17.5 Å². The summed E-state index contributed by atoms with van der Waals surface area (Å²) < 4.78 is 0. The third-order valence-corrected chi connectivity index (χ3v) is 2.95. The molecule has 0 bridgehead atoms. The molecule has 0 aliphatic rings. The van der Waals surface area contributed by atoms with Gasteiger partial charge >= 0.3 is 0 Å². The molecule has 0 fully saturated rings. The topological polar surface area (TPSA) is 20.2 Å². The smallest absolute Gasteiger partial charge is 0.0678 e. The molecule has 1 nitrogen and oxygen atoms in total. The fraction of sp³-hybridized carbons (Fsp3) is 0.455. The lowest BCUT2D eigenvalue weighted by atomic mass is 10.1. The summed E-state index contributed by atoms with van der Waals surface area (Å²) in [6, 6.07) is 5.92. The van der Waals surface area contributed by atoms with Crippen molar-refractivity contribution in [2.45, 2.75) is 25.9 Å². The highest BCUT2D eigenvalue weighted by atomic mass is 35.5. The zero-order valence-electron chi connectivity index (χ0n) is 8.13. The number of aliphatic hydroxyl groups excluding tert-OH is 1. The van der Waals surface area contributed by atoms with Crippen LogP contribution in [0.4, 0.5) is 0 Å². The minimum absolute atomic E-state index is 0.298. The zero-order chi connectivity index (χ0) is 10.6. The maximum absolute atomic E-state index is 9.29. The van der Waals surface area contributed by atoms with Crippen molar-refractivity contribution in [2.24, 2.45) is 0 Å². The first-order valence-corrected chi connectivity index (χ1v) is 5.54. The third-order valence-electron chi connectivity index (χ3n) is 2.17. The lowest BCUT2D eigenvalue weighted by Gasteiger charge is -2.07. The molecule has 0 saturated carbocycles. The van der Waals surface area contributed by atoms with Gasteiger partial charge in [0.05, 0.1) is 6.10 Å². The van der Waals surface area contributed by atoms with Crippen LogP contribution in [-0.2, 0) is 6.42 Å². The van der Waals surface area contributed by atoms with E-state index < -0.39 is 6.10 Å². The average Bonchev–Trinajstić information content (AvgIpc) is 2.19. The number of alkyl halides is 1. The van der Waals surface area contributed by atoms with E-state index in [0.29, 0.717) is 12.3 Å². The quantitative estimate of drug-likeness (QED) is 0.792. The molecule has 0 aromatic heterocycles. The Hall–Kier alpha value is -0.240. The lowest BCUT2D eigenvalue weighted by Crippen LogP contribution is -2.09. The van der Waals surface area contributed by atoms with Crippen LogP contribution in [0.3, 0.4) is 0 Å². The minimum Gasteiger partial charge on any atom is -0.392 e. The maximum Gasteiger partial charge on any atom is 0.0678 e. The number of benzene rings is 1. The number of rotatable bonds is 4. The molecule has 0 saturated heterocycles. The number of hydrogen-bond acceptors (Lipinski definition) is 1. The Bertz CT molecular complexity index is 299. The number of aryl methyl sites for hydroxylation is 2. The fourth-order valence-corrected chi connectivity index (χ4v) is 1.54. The van der Waals surface area contributed by atoms with E-state index in [-0.39, 0.29) is 0 Å². The molecule has 0 amide bonds. The summed E-state index contributed by atoms with van der Waals surface area (Å²) in [5.41, 5.74) is 2.26. The van der Waals surface area contributed by atoms with Crippen molar-refractivity contribution in [1.82, 2.24) is 0 Å². The Morgan fingerprint density at radius 2 is 2.14 bits per heavy atom. The van der Waals surface area contributed by atoms with Gasteiger partial charge in [0.1, 0.15) is 0 Å². The van der Waals surface area contributed by atoms with Crippen LogP contribution in [0.2, 0.25) is 5.02 Å². The van der Waals surface area contributed by atoms with E-state index in [1.807, 2.05) is 25.1 Å². The Labute approximate surface area is 94.7 Å². The molecule has 3 heteroatoms. The van der Waals surface area contributed by atoms with Crippen LogP contribution in [0, 0.1) is 6.92 Å². The second-order valence-electron chi connectivity index (χ2n) is 3.43. The predicted octanol–water partition coefficient (Wildman–Crippen LogP) is 3.18. The lowest BCUT2D eigenvalue weighted by molar-refractivity contribution is 0.188. The monoisotopic (exact) mass is 232 g/mol. The maximum atomic E-state index is 9.29.